The van der Waals surface area contributed by atoms with Crippen LogP contribution in [0.4, 0.5) is 16.4 Å². The molecule has 172 valence electrons. The number of benzene rings is 3. The van der Waals surface area contributed by atoms with Crippen LogP contribution in [0.3, 0.4) is 0 Å². The molecule has 0 unspecified atom stereocenters. The molecule has 4 aromatic rings. The zero-order valence-corrected chi connectivity index (χ0v) is 20.2. The molecule has 0 saturated carbocycles. The molecule has 4 N–H and O–H groups in total. The topological polar surface area (TPSA) is 84.2 Å². The van der Waals surface area contributed by atoms with Gasteiger partial charge in [0.05, 0.1) is 11.3 Å². The Morgan fingerprint density at radius 1 is 0.941 bits per heavy atom. The number of thiophene rings is 1. The van der Waals surface area contributed by atoms with Gasteiger partial charge in [-0.25, -0.2) is 0 Å². The number of nitrogens with two attached hydrogens (primary N) is 1. The summed E-state index contributed by atoms with van der Waals surface area (Å²) < 4.78 is 0. The van der Waals surface area contributed by atoms with E-state index < -0.39 is 0 Å². The first-order valence-electron chi connectivity index (χ1n) is 10.8. The van der Waals surface area contributed by atoms with E-state index in [0.29, 0.717) is 33.4 Å². The third kappa shape index (κ3) is 5.30. The van der Waals surface area contributed by atoms with Crippen LogP contribution in [0.1, 0.15) is 36.7 Å². The second-order valence-electron chi connectivity index (χ2n) is 7.82. The van der Waals surface area contributed by atoms with Crippen molar-refractivity contribution in [2.24, 2.45) is 0 Å². The van der Waals surface area contributed by atoms with Crippen molar-refractivity contribution >= 4 is 51.0 Å². The van der Waals surface area contributed by atoms with Gasteiger partial charge in [-0.1, -0.05) is 60.1 Å². The fourth-order valence-corrected chi connectivity index (χ4v) is 4.77. The SMILES string of the molecule is Cc1ccccc1Nc1sc(C(=O)c2ccc(Cl)cc2)c(N)c1C(=O)NCCc1ccccc1. The van der Waals surface area contributed by atoms with Crippen LogP contribution in [0.15, 0.2) is 78.9 Å². The lowest BCUT2D eigenvalue weighted by atomic mass is 10.1. The Morgan fingerprint density at radius 2 is 1.62 bits per heavy atom. The van der Waals surface area contributed by atoms with Crippen molar-refractivity contribution in [3.8, 4) is 0 Å². The molecule has 0 aliphatic rings. The number of hydrogen-bond donors (Lipinski definition) is 3. The van der Waals surface area contributed by atoms with Gasteiger partial charge in [0.2, 0.25) is 5.78 Å². The molecular formula is C27H24ClN3O2S. The molecule has 0 fully saturated rings. The number of carbonyl (C=O) groups excluding carboxylic acids is 2. The van der Waals surface area contributed by atoms with E-state index in [1.807, 2.05) is 61.5 Å². The van der Waals surface area contributed by atoms with E-state index in [2.05, 4.69) is 10.6 Å². The first-order chi connectivity index (χ1) is 16.4. The molecular weight excluding hydrogens is 466 g/mol. The normalized spacial score (nSPS) is 10.6. The number of nitrogen functional groups attached to an aromatic ring is 1. The van der Waals surface area contributed by atoms with Crippen LogP contribution in [-0.4, -0.2) is 18.2 Å². The monoisotopic (exact) mass is 489 g/mol. The van der Waals surface area contributed by atoms with E-state index in [-0.39, 0.29) is 22.9 Å². The van der Waals surface area contributed by atoms with Crippen LogP contribution in [0.5, 0.6) is 0 Å². The number of carbonyl (C=O) groups is 2. The van der Waals surface area contributed by atoms with E-state index in [9.17, 15) is 9.59 Å². The molecule has 0 aliphatic carbocycles. The highest BCUT2D eigenvalue weighted by Crippen LogP contribution is 2.39. The summed E-state index contributed by atoms with van der Waals surface area (Å²) in [5.41, 5.74) is 10.3. The summed E-state index contributed by atoms with van der Waals surface area (Å²) in [6, 6.07) is 24.3. The van der Waals surface area contributed by atoms with Crippen LogP contribution in [-0.2, 0) is 6.42 Å². The average Bonchev–Trinajstić information content (AvgIpc) is 3.17. The van der Waals surface area contributed by atoms with Gasteiger partial charge >= 0.3 is 0 Å². The molecule has 1 heterocycles. The molecule has 7 heteroatoms. The quantitative estimate of drug-likeness (QED) is 0.256. The van der Waals surface area contributed by atoms with Gasteiger partial charge in [0.25, 0.3) is 5.91 Å². The van der Waals surface area contributed by atoms with Gasteiger partial charge < -0.3 is 16.4 Å². The van der Waals surface area contributed by atoms with Gasteiger partial charge in [-0.2, -0.15) is 0 Å². The predicted molar refractivity (Wildman–Crippen MR) is 141 cm³/mol. The summed E-state index contributed by atoms with van der Waals surface area (Å²) in [5, 5.41) is 7.33. The molecule has 1 aromatic heterocycles. The van der Waals surface area contributed by atoms with Crippen molar-refractivity contribution in [1.29, 1.82) is 0 Å². The molecule has 0 bridgehead atoms. The van der Waals surface area contributed by atoms with Crippen molar-refractivity contribution in [2.45, 2.75) is 13.3 Å². The number of aryl methyl sites for hydroxylation is 1. The second kappa shape index (κ2) is 10.5. The molecule has 0 atom stereocenters. The zero-order chi connectivity index (χ0) is 24.1. The highest BCUT2D eigenvalue weighted by atomic mass is 35.5. The lowest BCUT2D eigenvalue weighted by Crippen LogP contribution is -2.26. The lowest BCUT2D eigenvalue weighted by molar-refractivity contribution is 0.0956. The number of hydrogen-bond acceptors (Lipinski definition) is 5. The lowest BCUT2D eigenvalue weighted by Gasteiger charge is -2.11. The van der Waals surface area contributed by atoms with Gasteiger partial charge in [-0.05, 0) is 54.8 Å². The van der Waals surface area contributed by atoms with E-state index in [1.54, 1.807) is 24.3 Å². The molecule has 0 saturated heterocycles. The molecule has 1 amide bonds. The molecule has 3 aromatic carbocycles. The molecule has 0 aliphatic heterocycles. The predicted octanol–water partition coefficient (Wildman–Crippen LogP) is 6.24. The number of halogens is 1. The first kappa shape index (κ1) is 23.5. The molecule has 5 nitrogen and oxygen atoms in total. The minimum Gasteiger partial charge on any atom is -0.397 e. The van der Waals surface area contributed by atoms with E-state index in [1.165, 1.54) is 11.3 Å². The van der Waals surface area contributed by atoms with E-state index >= 15 is 0 Å². The summed E-state index contributed by atoms with van der Waals surface area (Å²) in [6.07, 6.45) is 0.688. The Hall–Kier alpha value is -3.61. The van der Waals surface area contributed by atoms with Gasteiger partial charge in [0.1, 0.15) is 9.88 Å². The number of anilines is 3. The minimum atomic E-state index is -0.323. The standard InChI is InChI=1S/C27H24ClN3O2S/c1-17-7-5-6-10-21(17)31-27-22(26(33)30-16-15-18-8-3-2-4-9-18)23(29)25(34-27)24(32)19-11-13-20(28)14-12-19/h2-14,31H,15-16,29H2,1H3,(H,30,33). The molecule has 0 spiro atoms. The second-order valence-corrected chi connectivity index (χ2v) is 9.27. The number of para-hydroxylation sites is 1. The van der Waals surface area contributed by atoms with E-state index in [0.717, 1.165) is 16.8 Å². The summed E-state index contributed by atoms with van der Waals surface area (Å²) >= 11 is 7.14. The van der Waals surface area contributed by atoms with Gasteiger partial charge in [-0.3, -0.25) is 9.59 Å². The Bertz CT molecular complexity index is 1320. The number of amides is 1. The molecule has 0 radical (unpaired) electrons. The maximum absolute atomic E-state index is 13.2. The fraction of sp³-hybridized carbons (Fsp3) is 0.111. The maximum Gasteiger partial charge on any atom is 0.256 e. The minimum absolute atomic E-state index is 0.165. The Morgan fingerprint density at radius 3 is 2.32 bits per heavy atom. The van der Waals surface area contributed by atoms with Crippen molar-refractivity contribution < 1.29 is 9.59 Å². The Kier molecular flexibility index (Phi) is 7.30. The number of nitrogens with one attached hydrogen (secondary N) is 2. The number of ketones is 1. The summed E-state index contributed by atoms with van der Waals surface area (Å²) in [7, 11) is 0. The van der Waals surface area contributed by atoms with Crippen LogP contribution >= 0.6 is 22.9 Å². The van der Waals surface area contributed by atoms with Gasteiger partial charge in [0, 0.05) is 22.8 Å². The van der Waals surface area contributed by atoms with Crippen molar-refractivity contribution in [1.82, 2.24) is 5.32 Å². The summed E-state index contributed by atoms with van der Waals surface area (Å²) in [4.78, 5) is 26.7. The Balaban J connectivity index is 1.64. The third-order valence-corrected chi connectivity index (χ3v) is 6.79. The van der Waals surface area contributed by atoms with Gasteiger partial charge in [-0.15, -0.1) is 11.3 Å². The van der Waals surface area contributed by atoms with Crippen LogP contribution in [0.25, 0.3) is 0 Å². The van der Waals surface area contributed by atoms with Crippen molar-refractivity contribution in [2.75, 3.05) is 17.6 Å². The molecule has 34 heavy (non-hydrogen) atoms. The highest BCUT2D eigenvalue weighted by molar-refractivity contribution is 7.19. The highest BCUT2D eigenvalue weighted by Gasteiger charge is 2.26. The summed E-state index contributed by atoms with van der Waals surface area (Å²) in [6.45, 7) is 2.42. The maximum atomic E-state index is 13.2. The smallest absolute Gasteiger partial charge is 0.256 e. The number of rotatable bonds is 8. The van der Waals surface area contributed by atoms with Crippen molar-refractivity contribution in [3.63, 3.8) is 0 Å². The molecule has 4 rings (SSSR count). The van der Waals surface area contributed by atoms with E-state index in [4.69, 9.17) is 17.3 Å². The fourth-order valence-electron chi connectivity index (χ4n) is 3.55. The van der Waals surface area contributed by atoms with Gasteiger partial charge in [0.15, 0.2) is 0 Å². The first-order valence-corrected chi connectivity index (χ1v) is 12.0. The van der Waals surface area contributed by atoms with Crippen molar-refractivity contribution in [3.05, 3.63) is 111 Å². The van der Waals surface area contributed by atoms with Crippen LogP contribution in [0, 0.1) is 6.92 Å². The zero-order valence-electron chi connectivity index (χ0n) is 18.6. The largest absolute Gasteiger partial charge is 0.397 e. The van der Waals surface area contributed by atoms with Crippen LogP contribution in [0.2, 0.25) is 5.02 Å². The third-order valence-electron chi connectivity index (χ3n) is 5.42. The summed E-state index contributed by atoms with van der Waals surface area (Å²) in [5.74, 6) is -0.578. The Labute approximate surface area is 207 Å². The average molecular weight is 490 g/mol. The van der Waals surface area contributed by atoms with Crippen LogP contribution < -0.4 is 16.4 Å².